The third-order valence-corrected chi connectivity index (χ3v) is 5.18. The molecule has 0 aromatic heterocycles. The molecule has 2 N–H and O–H groups in total. The molecule has 1 aliphatic rings. The monoisotopic (exact) mass is 387 g/mol. The smallest absolute Gasteiger partial charge is 0.219 e. The lowest BCUT2D eigenvalue weighted by atomic mass is 10.1. The molecule has 1 atom stereocenters. The Labute approximate surface area is 165 Å². The summed E-state index contributed by atoms with van der Waals surface area (Å²) in [7, 11) is 0. The maximum Gasteiger partial charge on any atom is 0.219 e. The van der Waals surface area contributed by atoms with Gasteiger partial charge in [-0.3, -0.25) is 4.79 Å². The number of benzene rings is 2. The summed E-state index contributed by atoms with van der Waals surface area (Å²) < 4.78 is 0. The first-order valence-electron chi connectivity index (χ1n) is 9.27. The third-order valence-electron chi connectivity index (χ3n) is 4.94. The quantitative estimate of drug-likeness (QED) is 0.800. The highest BCUT2D eigenvalue weighted by Crippen LogP contribution is 2.22. The van der Waals surface area contributed by atoms with Gasteiger partial charge >= 0.3 is 0 Å². The molecule has 5 nitrogen and oxygen atoms in total. The van der Waals surface area contributed by atoms with Crippen LogP contribution in [0.1, 0.15) is 24.2 Å². The zero-order valence-corrected chi connectivity index (χ0v) is 16.3. The topological polar surface area (TPSA) is 55.8 Å². The average molecular weight is 388 g/mol. The van der Waals surface area contributed by atoms with Crippen molar-refractivity contribution in [3.8, 4) is 0 Å². The van der Waals surface area contributed by atoms with Crippen LogP contribution >= 0.6 is 11.6 Å². The molecule has 27 heavy (non-hydrogen) atoms. The van der Waals surface area contributed by atoms with Crippen molar-refractivity contribution in [2.45, 2.75) is 19.6 Å². The summed E-state index contributed by atoms with van der Waals surface area (Å²) in [6.45, 7) is 5.92. The SMILES string of the molecule is CC(=O)N1CCN(c2ccccc2CNC[C@@H](O)c2cccc(Cl)c2)CC1. The second-order valence-electron chi connectivity index (χ2n) is 6.82. The average Bonchev–Trinajstić information content (AvgIpc) is 2.68. The van der Waals surface area contributed by atoms with E-state index in [-0.39, 0.29) is 5.91 Å². The zero-order valence-electron chi connectivity index (χ0n) is 15.6. The van der Waals surface area contributed by atoms with Gasteiger partial charge in [0.25, 0.3) is 0 Å². The molecule has 1 saturated heterocycles. The molecule has 2 aromatic carbocycles. The van der Waals surface area contributed by atoms with Gasteiger partial charge in [0.15, 0.2) is 0 Å². The maximum atomic E-state index is 11.5. The van der Waals surface area contributed by atoms with Gasteiger partial charge in [-0.25, -0.2) is 0 Å². The first-order valence-corrected chi connectivity index (χ1v) is 9.65. The highest BCUT2D eigenvalue weighted by Gasteiger charge is 2.20. The summed E-state index contributed by atoms with van der Waals surface area (Å²) in [4.78, 5) is 15.7. The Bertz CT molecular complexity index is 776. The van der Waals surface area contributed by atoms with Crippen LogP contribution in [-0.4, -0.2) is 48.6 Å². The Hall–Kier alpha value is -2.08. The van der Waals surface area contributed by atoms with E-state index in [2.05, 4.69) is 22.3 Å². The van der Waals surface area contributed by atoms with Crippen molar-refractivity contribution in [3.05, 3.63) is 64.7 Å². The predicted molar refractivity (Wildman–Crippen MR) is 109 cm³/mol. The molecule has 2 aromatic rings. The fourth-order valence-corrected chi connectivity index (χ4v) is 3.61. The summed E-state index contributed by atoms with van der Waals surface area (Å²) in [5, 5.41) is 14.3. The zero-order chi connectivity index (χ0) is 19.2. The Balaban J connectivity index is 1.57. The van der Waals surface area contributed by atoms with Gasteiger partial charge in [-0.15, -0.1) is 0 Å². The minimum Gasteiger partial charge on any atom is -0.387 e. The Kier molecular flexibility index (Phi) is 6.72. The van der Waals surface area contributed by atoms with Crippen molar-refractivity contribution in [2.24, 2.45) is 0 Å². The highest BCUT2D eigenvalue weighted by atomic mass is 35.5. The van der Waals surface area contributed by atoms with E-state index in [9.17, 15) is 9.90 Å². The number of nitrogens with one attached hydrogen (secondary N) is 1. The number of amides is 1. The van der Waals surface area contributed by atoms with Gasteiger partial charge in [0.05, 0.1) is 6.10 Å². The molecule has 144 valence electrons. The lowest BCUT2D eigenvalue weighted by Gasteiger charge is -2.36. The minimum absolute atomic E-state index is 0.139. The summed E-state index contributed by atoms with van der Waals surface area (Å²) in [5.74, 6) is 0.139. The van der Waals surface area contributed by atoms with Crippen molar-refractivity contribution in [2.75, 3.05) is 37.6 Å². The van der Waals surface area contributed by atoms with Gasteiger partial charge in [0, 0.05) is 56.9 Å². The molecule has 1 fully saturated rings. The first-order chi connectivity index (χ1) is 13.0. The van der Waals surface area contributed by atoms with Gasteiger partial charge in [-0.05, 0) is 29.3 Å². The number of halogens is 1. The molecule has 3 rings (SSSR count). The Morgan fingerprint density at radius 3 is 2.59 bits per heavy atom. The summed E-state index contributed by atoms with van der Waals surface area (Å²) in [6.07, 6.45) is -0.602. The van der Waals surface area contributed by atoms with E-state index in [0.29, 0.717) is 18.1 Å². The van der Waals surface area contributed by atoms with Crippen molar-refractivity contribution in [3.63, 3.8) is 0 Å². The van der Waals surface area contributed by atoms with E-state index in [1.807, 2.05) is 29.2 Å². The predicted octanol–water partition coefficient (Wildman–Crippen LogP) is 2.83. The van der Waals surface area contributed by atoms with Crippen LogP contribution in [0.4, 0.5) is 5.69 Å². The standard InChI is InChI=1S/C21H26ClN3O2/c1-16(26)24-9-11-25(12-10-24)20-8-3-2-5-18(20)14-23-15-21(27)17-6-4-7-19(22)13-17/h2-8,13,21,23,27H,9-12,14-15H2,1H3/t21-/m1/s1. The van der Waals surface area contributed by atoms with Crippen LogP contribution < -0.4 is 10.2 Å². The molecule has 0 aliphatic carbocycles. The van der Waals surface area contributed by atoms with Gasteiger partial charge in [0.2, 0.25) is 5.91 Å². The fraction of sp³-hybridized carbons (Fsp3) is 0.381. The van der Waals surface area contributed by atoms with Crippen LogP contribution in [0.2, 0.25) is 5.02 Å². The molecular weight excluding hydrogens is 362 g/mol. The molecule has 0 radical (unpaired) electrons. The molecule has 0 unspecified atom stereocenters. The maximum absolute atomic E-state index is 11.5. The summed E-state index contributed by atoms with van der Waals surface area (Å²) >= 11 is 5.99. The number of piperazine rings is 1. The van der Waals surface area contributed by atoms with Crippen molar-refractivity contribution in [1.29, 1.82) is 0 Å². The molecule has 1 aliphatic heterocycles. The normalized spacial score (nSPS) is 15.7. The molecule has 1 heterocycles. The van der Waals surface area contributed by atoms with Crippen molar-refractivity contribution in [1.82, 2.24) is 10.2 Å². The summed E-state index contributed by atoms with van der Waals surface area (Å²) in [6, 6.07) is 15.6. The van der Waals surface area contributed by atoms with E-state index >= 15 is 0 Å². The van der Waals surface area contributed by atoms with E-state index in [1.165, 1.54) is 11.3 Å². The number of aliphatic hydroxyl groups is 1. The van der Waals surface area contributed by atoms with Crippen LogP contribution in [0.3, 0.4) is 0 Å². The van der Waals surface area contributed by atoms with Gasteiger partial charge < -0.3 is 20.2 Å². The van der Waals surface area contributed by atoms with Crippen LogP contribution in [0, 0.1) is 0 Å². The number of hydrogen-bond donors (Lipinski definition) is 2. The number of aliphatic hydroxyl groups excluding tert-OH is 1. The fourth-order valence-electron chi connectivity index (χ4n) is 3.41. The molecule has 1 amide bonds. The molecule has 6 heteroatoms. The molecule has 0 bridgehead atoms. The van der Waals surface area contributed by atoms with E-state index in [1.54, 1.807) is 19.1 Å². The van der Waals surface area contributed by atoms with Gasteiger partial charge in [-0.2, -0.15) is 0 Å². The first kappa shape index (κ1) is 19.7. The number of nitrogens with zero attached hydrogens (tertiary/aromatic N) is 2. The molecule has 0 saturated carbocycles. The van der Waals surface area contributed by atoms with E-state index in [4.69, 9.17) is 11.6 Å². The Morgan fingerprint density at radius 1 is 1.15 bits per heavy atom. The van der Waals surface area contributed by atoms with Crippen molar-refractivity contribution >= 4 is 23.2 Å². The van der Waals surface area contributed by atoms with Gasteiger partial charge in [0.1, 0.15) is 0 Å². The molecule has 0 spiro atoms. The number of rotatable bonds is 6. The number of para-hydroxylation sites is 1. The van der Waals surface area contributed by atoms with E-state index in [0.717, 1.165) is 31.7 Å². The van der Waals surface area contributed by atoms with Crippen LogP contribution in [-0.2, 0) is 11.3 Å². The van der Waals surface area contributed by atoms with Crippen molar-refractivity contribution < 1.29 is 9.90 Å². The second kappa shape index (κ2) is 9.22. The van der Waals surface area contributed by atoms with Crippen LogP contribution in [0.25, 0.3) is 0 Å². The number of carbonyl (C=O) groups excluding carboxylic acids is 1. The number of anilines is 1. The van der Waals surface area contributed by atoms with Gasteiger partial charge in [-0.1, -0.05) is 41.9 Å². The molecular formula is C21H26ClN3O2. The Morgan fingerprint density at radius 2 is 1.89 bits per heavy atom. The third kappa shape index (κ3) is 5.22. The second-order valence-corrected chi connectivity index (χ2v) is 7.26. The largest absolute Gasteiger partial charge is 0.387 e. The van der Waals surface area contributed by atoms with E-state index < -0.39 is 6.10 Å². The summed E-state index contributed by atoms with van der Waals surface area (Å²) in [5.41, 5.74) is 3.18. The lowest BCUT2D eigenvalue weighted by Crippen LogP contribution is -2.48. The number of carbonyl (C=O) groups is 1. The van der Waals surface area contributed by atoms with Crippen LogP contribution in [0.15, 0.2) is 48.5 Å². The minimum atomic E-state index is -0.602. The number of hydrogen-bond acceptors (Lipinski definition) is 4. The van der Waals surface area contributed by atoms with Crippen LogP contribution in [0.5, 0.6) is 0 Å². The highest BCUT2D eigenvalue weighted by molar-refractivity contribution is 6.30. The lowest BCUT2D eigenvalue weighted by molar-refractivity contribution is -0.129.